The molecule has 0 amide bonds. The van der Waals surface area contributed by atoms with Gasteiger partial charge in [0.2, 0.25) is 0 Å². The molecule has 0 aliphatic heterocycles. The first-order valence-electron chi connectivity index (χ1n) is 13.7. The fourth-order valence-corrected chi connectivity index (χ4v) is 9.15. The van der Waals surface area contributed by atoms with Crippen LogP contribution in [-0.2, 0) is 9.53 Å². The van der Waals surface area contributed by atoms with Gasteiger partial charge in [-0.3, -0.25) is 4.79 Å². The molecule has 0 N–H and O–H groups in total. The summed E-state index contributed by atoms with van der Waals surface area (Å²) in [7, 11) is 0. The van der Waals surface area contributed by atoms with Crippen molar-refractivity contribution in [1.82, 2.24) is 0 Å². The van der Waals surface area contributed by atoms with Crippen molar-refractivity contribution in [3.8, 4) is 0 Å². The molecule has 1 atom stereocenters. The van der Waals surface area contributed by atoms with Crippen molar-refractivity contribution < 1.29 is 9.53 Å². The molecule has 2 heteroatoms. The zero-order chi connectivity index (χ0) is 22.4. The van der Waals surface area contributed by atoms with Gasteiger partial charge in [-0.05, 0) is 113 Å². The zero-order valence-corrected chi connectivity index (χ0v) is 21.5. The lowest BCUT2D eigenvalue weighted by Gasteiger charge is -2.61. The first kappa shape index (κ1) is 23.6. The summed E-state index contributed by atoms with van der Waals surface area (Å²) in [5, 5.41) is 0. The number of carbonyl (C=O) groups excluding carboxylic acids is 1. The highest BCUT2D eigenvalue weighted by molar-refractivity contribution is 5.70. The van der Waals surface area contributed by atoms with E-state index in [4.69, 9.17) is 4.74 Å². The molecule has 5 rings (SSSR count). The lowest BCUT2D eigenvalue weighted by molar-refractivity contribution is -0.199. The summed E-state index contributed by atoms with van der Waals surface area (Å²) in [6.45, 7) is 14.1. The summed E-state index contributed by atoms with van der Waals surface area (Å²) >= 11 is 0. The SMILES string of the molecule is CCC(C1CCC(CCC(=O)OC(C)(C)C23CC4CC(CC(C4)C2)C3)CC1)C(C)(C)C. The van der Waals surface area contributed by atoms with E-state index < -0.39 is 0 Å². The second-order valence-electron chi connectivity index (χ2n) is 13.9. The smallest absolute Gasteiger partial charge is 0.306 e. The molecule has 178 valence electrons. The van der Waals surface area contributed by atoms with E-state index in [0.29, 0.717) is 11.8 Å². The monoisotopic (exact) mass is 430 g/mol. The van der Waals surface area contributed by atoms with Gasteiger partial charge in [-0.15, -0.1) is 0 Å². The minimum atomic E-state index is -0.293. The Balaban J connectivity index is 1.25. The highest BCUT2D eigenvalue weighted by Crippen LogP contribution is 2.64. The van der Waals surface area contributed by atoms with Crippen molar-refractivity contribution in [3.05, 3.63) is 0 Å². The van der Waals surface area contributed by atoms with Gasteiger partial charge in [0.25, 0.3) is 0 Å². The molecule has 5 aliphatic carbocycles. The van der Waals surface area contributed by atoms with Gasteiger partial charge in [0.1, 0.15) is 5.60 Å². The van der Waals surface area contributed by atoms with Crippen LogP contribution in [0.3, 0.4) is 0 Å². The molecule has 0 aromatic carbocycles. The van der Waals surface area contributed by atoms with E-state index >= 15 is 0 Å². The third-order valence-corrected chi connectivity index (χ3v) is 10.5. The first-order valence-corrected chi connectivity index (χ1v) is 13.7. The number of ether oxygens (including phenoxy) is 1. The van der Waals surface area contributed by atoms with Gasteiger partial charge in [-0.1, -0.05) is 47.0 Å². The van der Waals surface area contributed by atoms with Crippen molar-refractivity contribution in [2.75, 3.05) is 0 Å². The topological polar surface area (TPSA) is 26.3 Å². The maximum atomic E-state index is 12.9. The Morgan fingerprint density at radius 3 is 1.87 bits per heavy atom. The first-order chi connectivity index (χ1) is 14.5. The molecule has 4 bridgehead atoms. The molecule has 5 saturated carbocycles. The zero-order valence-electron chi connectivity index (χ0n) is 21.5. The van der Waals surface area contributed by atoms with E-state index in [1.54, 1.807) is 0 Å². The van der Waals surface area contributed by atoms with Crippen LogP contribution >= 0.6 is 0 Å². The highest BCUT2D eigenvalue weighted by Gasteiger charge is 2.58. The van der Waals surface area contributed by atoms with E-state index in [-0.39, 0.29) is 17.0 Å². The largest absolute Gasteiger partial charge is 0.459 e. The van der Waals surface area contributed by atoms with E-state index in [1.807, 2.05) is 0 Å². The number of carbonyl (C=O) groups is 1. The summed E-state index contributed by atoms with van der Waals surface area (Å²) in [6.07, 6.45) is 16.5. The summed E-state index contributed by atoms with van der Waals surface area (Å²) in [6, 6.07) is 0. The van der Waals surface area contributed by atoms with Gasteiger partial charge >= 0.3 is 5.97 Å². The second kappa shape index (κ2) is 8.68. The Hall–Kier alpha value is -0.530. The molecule has 0 aromatic heterocycles. The molecular formula is C29H50O2. The third kappa shape index (κ3) is 4.89. The van der Waals surface area contributed by atoms with Gasteiger partial charge in [0.05, 0.1) is 0 Å². The average Bonchev–Trinajstić information content (AvgIpc) is 2.65. The molecule has 5 aliphatic rings. The van der Waals surface area contributed by atoms with Crippen molar-refractivity contribution in [2.45, 2.75) is 131 Å². The van der Waals surface area contributed by atoms with Crippen LogP contribution in [0.5, 0.6) is 0 Å². The summed E-state index contributed by atoms with van der Waals surface area (Å²) < 4.78 is 6.30. The van der Waals surface area contributed by atoms with Gasteiger partial charge < -0.3 is 4.74 Å². The van der Waals surface area contributed by atoms with Crippen molar-refractivity contribution >= 4 is 5.97 Å². The maximum absolute atomic E-state index is 12.9. The van der Waals surface area contributed by atoms with Crippen LogP contribution in [0, 0.1) is 46.3 Å². The molecule has 5 fully saturated rings. The van der Waals surface area contributed by atoms with Gasteiger partial charge in [0, 0.05) is 11.8 Å². The second-order valence-corrected chi connectivity index (χ2v) is 13.9. The molecule has 0 radical (unpaired) electrons. The maximum Gasteiger partial charge on any atom is 0.306 e. The Morgan fingerprint density at radius 2 is 1.42 bits per heavy atom. The van der Waals surface area contributed by atoms with Crippen LogP contribution in [0.25, 0.3) is 0 Å². The van der Waals surface area contributed by atoms with E-state index in [9.17, 15) is 4.79 Å². The quantitative estimate of drug-likeness (QED) is 0.381. The van der Waals surface area contributed by atoms with Crippen molar-refractivity contribution in [2.24, 2.45) is 46.3 Å². The van der Waals surface area contributed by atoms with E-state index in [2.05, 4.69) is 41.5 Å². The van der Waals surface area contributed by atoms with Crippen molar-refractivity contribution in [1.29, 1.82) is 0 Å². The van der Waals surface area contributed by atoms with Crippen LogP contribution in [0.2, 0.25) is 0 Å². The Bertz CT molecular complexity index is 596. The van der Waals surface area contributed by atoms with E-state index in [0.717, 1.165) is 41.9 Å². The fourth-order valence-electron chi connectivity index (χ4n) is 9.15. The lowest BCUT2D eigenvalue weighted by Crippen LogP contribution is -2.57. The minimum Gasteiger partial charge on any atom is -0.459 e. The standard InChI is InChI=1S/C29H50O2/c1-7-25(27(2,3)4)24-11-8-20(9-12-24)10-13-26(30)31-28(5,6)29-17-21-14-22(18-29)16-23(15-21)19-29/h20-25H,7-19H2,1-6H3. The van der Waals surface area contributed by atoms with Gasteiger partial charge in [0.15, 0.2) is 0 Å². The van der Waals surface area contributed by atoms with Crippen LogP contribution < -0.4 is 0 Å². The van der Waals surface area contributed by atoms with Crippen LogP contribution in [0.1, 0.15) is 125 Å². The molecule has 1 unspecified atom stereocenters. The van der Waals surface area contributed by atoms with Crippen LogP contribution in [0.4, 0.5) is 0 Å². The van der Waals surface area contributed by atoms with E-state index in [1.165, 1.54) is 70.6 Å². The third-order valence-electron chi connectivity index (χ3n) is 10.5. The van der Waals surface area contributed by atoms with Crippen molar-refractivity contribution in [3.63, 3.8) is 0 Å². The molecule has 31 heavy (non-hydrogen) atoms. The lowest BCUT2D eigenvalue weighted by atomic mass is 9.46. The normalized spacial score (nSPS) is 38.8. The molecule has 0 saturated heterocycles. The predicted molar refractivity (Wildman–Crippen MR) is 129 cm³/mol. The number of esters is 1. The van der Waals surface area contributed by atoms with Crippen LogP contribution in [-0.4, -0.2) is 11.6 Å². The Morgan fingerprint density at radius 1 is 0.903 bits per heavy atom. The number of hydrogen-bond donors (Lipinski definition) is 0. The number of rotatable bonds is 7. The fraction of sp³-hybridized carbons (Fsp3) is 0.966. The predicted octanol–water partition coefficient (Wildman–Crippen LogP) is 8.18. The molecule has 0 heterocycles. The number of hydrogen-bond acceptors (Lipinski definition) is 2. The Kier molecular flexibility index (Phi) is 6.61. The minimum absolute atomic E-state index is 0.0731. The highest BCUT2D eigenvalue weighted by atomic mass is 16.6. The summed E-state index contributed by atoms with van der Waals surface area (Å²) in [4.78, 5) is 12.9. The van der Waals surface area contributed by atoms with Gasteiger partial charge in [-0.2, -0.15) is 0 Å². The summed E-state index contributed by atoms with van der Waals surface area (Å²) in [5.41, 5.74) is 0.384. The Labute approximate surface area is 192 Å². The average molecular weight is 431 g/mol. The van der Waals surface area contributed by atoms with Gasteiger partial charge in [-0.25, -0.2) is 0 Å². The molecular weight excluding hydrogens is 380 g/mol. The molecule has 2 nitrogen and oxygen atoms in total. The summed E-state index contributed by atoms with van der Waals surface area (Å²) in [5.74, 6) is 5.22. The molecule has 0 aromatic rings. The molecule has 0 spiro atoms. The van der Waals surface area contributed by atoms with Crippen LogP contribution in [0.15, 0.2) is 0 Å².